The van der Waals surface area contributed by atoms with E-state index in [0.717, 1.165) is 45.1 Å². The summed E-state index contributed by atoms with van der Waals surface area (Å²) in [5.74, 6) is 1.42. The van der Waals surface area contributed by atoms with Gasteiger partial charge in [-0.25, -0.2) is 4.98 Å². The molecule has 136 valence electrons. The molecule has 2 fully saturated rings. The molecule has 2 aliphatic heterocycles. The van der Waals surface area contributed by atoms with Crippen molar-refractivity contribution >= 4 is 0 Å². The highest BCUT2D eigenvalue weighted by atomic mass is 16.3. The maximum atomic E-state index is 10.1. The van der Waals surface area contributed by atoms with E-state index in [4.69, 9.17) is 4.42 Å². The van der Waals surface area contributed by atoms with E-state index in [-0.39, 0.29) is 0 Å². The molecule has 0 radical (unpaired) electrons. The molecule has 0 unspecified atom stereocenters. The second-order valence-electron chi connectivity index (χ2n) is 7.67. The molecule has 0 bridgehead atoms. The van der Waals surface area contributed by atoms with Crippen LogP contribution in [-0.4, -0.2) is 57.7 Å². The van der Waals surface area contributed by atoms with Crippen LogP contribution in [0.3, 0.4) is 0 Å². The summed E-state index contributed by atoms with van der Waals surface area (Å²) in [6.45, 7) is 6.41. The number of likely N-dealkylation sites (tertiary alicyclic amines) is 2. The number of nitrogens with zero attached hydrogens (tertiary/aromatic N) is 3. The average Bonchev–Trinajstić information content (AvgIpc) is 3.33. The van der Waals surface area contributed by atoms with E-state index in [1.54, 1.807) is 6.26 Å². The second kappa shape index (κ2) is 7.32. The molecule has 2 aromatic rings. The largest absolute Gasteiger partial charge is 0.472 e. The highest BCUT2D eigenvalue weighted by molar-refractivity contribution is 5.06. The fourth-order valence-corrected chi connectivity index (χ4v) is 4.63. The number of furan rings is 1. The van der Waals surface area contributed by atoms with Crippen LogP contribution in [0.15, 0.2) is 35.4 Å². The fraction of sp³-hybridized carbons (Fsp3) is 0.632. The summed E-state index contributed by atoms with van der Waals surface area (Å²) in [7, 11) is 0. The predicted octanol–water partition coefficient (Wildman–Crippen LogP) is 2.10. The Morgan fingerprint density at radius 3 is 2.64 bits per heavy atom. The highest BCUT2D eigenvalue weighted by Crippen LogP contribution is 2.45. The number of hydrogen-bond acceptors (Lipinski definition) is 5. The van der Waals surface area contributed by atoms with Gasteiger partial charge in [-0.15, -0.1) is 0 Å². The summed E-state index contributed by atoms with van der Waals surface area (Å²) in [5.41, 5.74) is 1.53. The molecule has 2 aromatic heterocycles. The molecule has 0 amide bonds. The minimum Gasteiger partial charge on any atom is -0.472 e. The smallest absolute Gasteiger partial charge is 0.120 e. The van der Waals surface area contributed by atoms with Crippen LogP contribution >= 0.6 is 0 Å². The van der Waals surface area contributed by atoms with Crippen molar-refractivity contribution in [1.29, 1.82) is 0 Å². The Kier molecular flexibility index (Phi) is 4.92. The molecule has 4 rings (SSSR count). The first kappa shape index (κ1) is 16.8. The monoisotopic (exact) mass is 344 g/mol. The SMILES string of the molecule is OC[C@H]1CN(Cc2ccoc2)CCC12CCN(Cc1ncc[nH]1)CC2. The molecule has 2 aliphatic rings. The van der Waals surface area contributed by atoms with Gasteiger partial charge in [-0.05, 0) is 50.4 Å². The van der Waals surface area contributed by atoms with Crippen molar-refractivity contribution < 1.29 is 9.52 Å². The summed E-state index contributed by atoms with van der Waals surface area (Å²) in [6.07, 6.45) is 10.8. The number of rotatable bonds is 5. The zero-order valence-electron chi connectivity index (χ0n) is 14.7. The Labute approximate surface area is 148 Å². The van der Waals surface area contributed by atoms with Gasteiger partial charge in [0.05, 0.1) is 19.1 Å². The van der Waals surface area contributed by atoms with Crippen LogP contribution in [-0.2, 0) is 13.1 Å². The van der Waals surface area contributed by atoms with Crippen molar-refractivity contribution in [2.24, 2.45) is 11.3 Å². The number of nitrogens with one attached hydrogen (secondary N) is 1. The Balaban J connectivity index is 1.34. The van der Waals surface area contributed by atoms with Gasteiger partial charge in [0.25, 0.3) is 0 Å². The minimum atomic E-state index is 0.292. The van der Waals surface area contributed by atoms with Crippen LogP contribution in [0.25, 0.3) is 0 Å². The van der Waals surface area contributed by atoms with Crippen LogP contribution in [0.4, 0.5) is 0 Å². The van der Waals surface area contributed by atoms with E-state index < -0.39 is 0 Å². The van der Waals surface area contributed by atoms with Crippen LogP contribution in [0.1, 0.15) is 30.7 Å². The van der Waals surface area contributed by atoms with Crippen molar-refractivity contribution in [3.05, 3.63) is 42.4 Å². The van der Waals surface area contributed by atoms with Crippen LogP contribution < -0.4 is 0 Å². The Morgan fingerprint density at radius 1 is 1.20 bits per heavy atom. The molecule has 6 nitrogen and oxygen atoms in total. The van der Waals surface area contributed by atoms with E-state index in [2.05, 4.69) is 19.8 Å². The maximum Gasteiger partial charge on any atom is 0.120 e. The molecule has 1 spiro atoms. The van der Waals surface area contributed by atoms with Gasteiger partial charge >= 0.3 is 0 Å². The van der Waals surface area contributed by atoms with Crippen LogP contribution in [0, 0.1) is 11.3 Å². The quantitative estimate of drug-likeness (QED) is 0.869. The Hall–Kier alpha value is -1.63. The number of hydrogen-bond donors (Lipinski definition) is 2. The summed E-state index contributed by atoms with van der Waals surface area (Å²) in [5, 5.41) is 10.1. The number of imidazole rings is 1. The Morgan fingerprint density at radius 2 is 2.00 bits per heavy atom. The highest BCUT2D eigenvalue weighted by Gasteiger charge is 2.44. The third-order valence-corrected chi connectivity index (χ3v) is 6.26. The van der Waals surface area contributed by atoms with Crippen molar-refractivity contribution in [3.63, 3.8) is 0 Å². The molecule has 25 heavy (non-hydrogen) atoms. The van der Waals surface area contributed by atoms with E-state index in [1.807, 2.05) is 24.7 Å². The van der Waals surface area contributed by atoms with Gasteiger partial charge < -0.3 is 14.5 Å². The Bertz CT molecular complexity index is 624. The van der Waals surface area contributed by atoms with E-state index in [9.17, 15) is 5.11 Å². The molecular formula is C19H28N4O2. The van der Waals surface area contributed by atoms with Crippen LogP contribution in [0.2, 0.25) is 0 Å². The molecule has 2 saturated heterocycles. The first-order valence-electron chi connectivity index (χ1n) is 9.32. The van der Waals surface area contributed by atoms with Crippen molar-refractivity contribution in [2.75, 3.05) is 32.8 Å². The van der Waals surface area contributed by atoms with Crippen LogP contribution in [0.5, 0.6) is 0 Å². The van der Waals surface area contributed by atoms with Gasteiger partial charge in [0, 0.05) is 43.6 Å². The summed E-state index contributed by atoms with van der Waals surface area (Å²) < 4.78 is 5.18. The molecule has 6 heteroatoms. The lowest BCUT2D eigenvalue weighted by molar-refractivity contribution is -0.0453. The molecule has 0 aliphatic carbocycles. The number of aromatic amines is 1. The van der Waals surface area contributed by atoms with E-state index >= 15 is 0 Å². The fourth-order valence-electron chi connectivity index (χ4n) is 4.63. The number of H-pyrrole nitrogens is 1. The lowest BCUT2D eigenvalue weighted by Crippen LogP contribution is -2.53. The van der Waals surface area contributed by atoms with E-state index in [1.165, 1.54) is 24.8 Å². The molecule has 0 saturated carbocycles. The lowest BCUT2D eigenvalue weighted by Gasteiger charge is -2.51. The molecule has 2 N–H and O–H groups in total. The van der Waals surface area contributed by atoms with Gasteiger partial charge in [0.2, 0.25) is 0 Å². The summed E-state index contributed by atoms with van der Waals surface area (Å²) in [6, 6.07) is 2.03. The van der Waals surface area contributed by atoms with Crippen molar-refractivity contribution in [1.82, 2.24) is 19.8 Å². The molecule has 4 heterocycles. The van der Waals surface area contributed by atoms with Gasteiger partial charge in [-0.3, -0.25) is 9.80 Å². The summed E-state index contributed by atoms with van der Waals surface area (Å²) >= 11 is 0. The first-order valence-corrected chi connectivity index (χ1v) is 9.32. The standard InChI is InChI=1S/C19H28N4O2/c24-14-17-12-23(11-16-1-10-25-15-16)9-4-19(17)2-7-22(8-3-19)13-18-20-5-6-21-18/h1,5-6,10,15,17,24H,2-4,7-9,11-14H2,(H,20,21)/t17-/m1/s1. The average molecular weight is 344 g/mol. The molecule has 1 atom stereocenters. The number of aliphatic hydroxyl groups is 1. The van der Waals surface area contributed by atoms with Gasteiger partial charge in [0.1, 0.15) is 5.82 Å². The predicted molar refractivity (Wildman–Crippen MR) is 94.7 cm³/mol. The summed E-state index contributed by atoms with van der Waals surface area (Å²) in [4.78, 5) is 12.5. The zero-order valence-corrected chi connectivity index (χ0v) is 14.7. The maximum absolute atomic E-state index is 10.1. The third-order valence-electron chi connectivity index (χ3n) is 6.26. The van der Waals surface area contributed by atoms with Gasteiger partial charge in [0.15, 0.2) is 0 Å². The molecule has 0 aromatic carbocycles. The molecular weight excluding hydrogens is 316 g/mol. The minimum absolute atomic E-state index is 0.292. The number of piperidine rings is 2. The van der Waals surface area contributed by atoms with Crippen molar-refractivity contribution in [3.8, 4) is 0 Å². The van der Waals surface area contributed by atoms with Gasteiger partial charge in [-0.1, -0.05) is 0 Å². The normalized spacial score (nSPS) is 24.8. The van der Waals surface area contributed by atoms with E-state index in [0.29, 0.717) is 17.9 Å². The van der Waals surface area contributed by atoms with Crippen molar-refractivity contribution in [2.45, 2.75) is 32.4 Å². The lowest BCUT2D eigenvalue weighted by atomic mass is 9.64. The topological polar surface area (TPSA) is 68.5 Å². The van der Waals surface area contributed by atoms with Gasteiger partial charge in [-0.2, -0.15) is 0 Å². The second-order valence-corrected chi connectivity index (χ2v) is 7.67. The third kappa shape index (κ3) is 3.66. The number of aromatic nitrogens is 2. The first-order chi connectivity index (χ1) is 12.3. The number of aliphatic hydroxyl groups excluding tert-OH is 1. The zero-order chi connectivity index (χ0) is 17.1.